The van der Waals surface area contributed by atoms with Gasteiger partial charge in [0.25, 0.3) is 0 Å². The lowest BCUT2D eigenvalue weighted by Crippen LogP contribution is -2.21. The largest absolute Gasteiger partial charge is 0.423 e. The molecule has 1 aromatic heterocycles. The van der Waals surface area contributed by atoms with Crippen LogP contribution in [0.25, 0.3) is 11.5 Å². The third-order valence-corrected chi connectivity index (χ3v) is 2.90. The average molecular weight is 266 g/mol. The Labute approximate surface area is 109 Å². The molecule has 2 rings (SSSR count). The number of anilines is 1. The maximum absolute atomic E-state index is 11.6. The van der Waals surface area contributed by atoms with E-state index < -0.39 is 0 Å². The van der Waals surface area contributed by atoms with Crippen molar-refractivity contribution >= 4 is 23.2 Å². The molecule has 0 bridgehead atoms. The fraction of sp³-hybridized carbons (Fsp3) is 0.250. The summed E-state index contributed by atoms with van der Waals surface area (Å²) in [6, 6.07) is 7.15. The van der Waals surface area contributed by atoms with Gasteiger partial charge in [-0.15, -0.1) is 21.8 Å². The molecule has 5 nitrogen and oxygen atoms in total. The van der Waals surface area contributed by atoms with Gasteiger partial charge in [-0.3, -0.25) is 4.79 Å². The van der Waals surface area contributed by atoms with E-state index in [1.54, 1.807) is 31.2 Å². The Morgan fingerprint density at radius 1 is 1.44 bits per heavy atom. The molecular formula is C12H12ClN3O2. The van der Waals surface area contributed by atoms with E-state index >= 15 is 0 Å². The van der Waals surface area contributed by atoms with Crippen molar-refractivity contribution < 1.29 is 9.21 Å². The van der Waals surface area contributed by atoms with E-state index in [0.29, 0.717) is 17.5 Å². The minimum absolute atomic E-state index is 0.101. The number of carbonyl (C=O) groups excluding carboxylic acids is 1. The minimum atomic E-state index is -0.220. The summed E-state index contributed by atoms with van der Waals surface area (Å²) in [6.45, 7) is 1.77. The number of nitrogens with zero attached hydrogens (tertiary/aromatic N) is 2. The highest BCUT2D eigenvalue weighted by molar-refractivity contribution is 6.19. The van der Waals surface area contributed by atoms with Gasteiger partial charge in [-0.2, -0.15) is 0 Å². The second-order valence-electron chi connectivity index (χ2n) is 3.87. The maximum atomic E-state index is 11.6. The fourth-order valence-electron chi connectivity index (χ4n) is 1.33. The Kier molecular flexibility index (Phi) is 3.94. The van der Waals surface area contributed by atoms with Crippen molar-refractivity contribution in [1.82, 2.24) is 10.2 Å². The second-order valence-corrected chi connectivity index (χ2v) is 4.17. The van der Waals surface area contributed by atoms with Gasteiger partial charge in [-0.05, 0) is 24.3 Å². The van der Waals surface area contributed by atoms with Crippen molar-refractivity contribution in [1.29, 1.82) is 0 Å². The number of carbonyl (C=O) groups is 1. The SMILES string of the molecule is CC(CCl)C(=O)Nc1ccc(-c2nnco2)cc1. The lowest BCUT2D eigenvalue weighted by atomic mass is 10.1. The van der Waals surface area contributed by atoms with E-state index in [9.17, 15) is 4.79 Å². The first-order chi connectivity index (χ1) is 8.70. The number of halogens is 1. The van der Waals surface area contributed by atoms with Crippen molar-refractivity contribution in [3.05, 3.63) is 30.7 Å². The van der Waals surface area contributed by atoms with Crippen LogP contribution >= 0.6 is 11.6 Å². The molecule has 6 heteroatoms. The van der Waals surface area contributed by atoms with Gasteiger partial charge in [-0.1, -0.05) is 6.92 Å². The van der Waals surface area contributed by atoms with E-state index in [1.807, 2.05) is 0 Å². The predicted octanol–water partition coefficient (Wildman–Crippen LogP) is 2.55. The molecule has 0 aliphatic heterocycles. The number of rotatable bonds is 4. The van der Waals surface area contributed by atoms with E-state index in [2.05, 4.69) is 15.5 Å². The molecule has 0 fully saturated rings. The molecule has 1 aromatic carbocycles. The molecule has 0 spiro atoms. The summed E-state index contributed by atoms with van der Waals surface area (Å²) in [5.74, 6) is 0.422. The number of alkyl halides is 1. The van der Waals surface area contributed by atoms with Crippen LogP contribution < -0.4 is 5.32 Å². The average Bonchev–Trinajstić information content (AvgIpc) is 2.92. The van der Waals surface area contributed by atoms with Gasteiger partial charge in [-0.25, -0.2) is 0 Å². The summed E-state index contributed by atoms with van der Waals surface area (Å²) in [5, 5.41) is 10.2. The molecule has 2 aromatic rings. The van der Waals surface area contributed by atoms with Crippen molar-refractivity contribution in [2.24, 2.45) is 5.92 Å². The van der Waals surface area contributed by atoms with Crippen LogP contribution in [0, 0.1) is 5.92 Å². The quantitative estimate of drug-likeness (QED) is 0.863. The monoisotopic (exact) mass is 265 g/mol. The summed E-state index contributed by atoms with van der Waals surface area (Å²) < 4.78 is 5.07. The number of aromatic nitrogens is 2. The highest BCUT2D eigenvalue weighted by atomic mass is 35.5. The highest BCUT2D eigenvalue weighted by Gasteiger charge is 2.11. The standard InChI is InChI=1S/C12H12ClN3O2/c1-8(6-13)11(17)15-10-4-2-9(3-5-10)12-16-14-7-18-12/h2-5,7-8H,6H2,1H3,(H,15,17). The highest BCUT2D eigenvalue weighted by Crippen LogP contribution is 2.19. The molecular weight excluding hydrogens is 254 g/mol. The number of nitrogens with one attached hydrogen (secondary N) is 1. The van der Waals surface area contributed by atoms with Crippen LogP contribution in [0.15, 0.2) is 35.1 Å². The Hall–Kier alpha value is -1.88. The number of hydrogen-bond acceptors (Lipinski definition) is 4. The van der Waals surface area contributed by atoms with Crippen LogP contribution in [-0.2, 0) is 4.79 Å². The van der Waals surface area contributed by atoms with E-state index in [4.69, 9.17) is 16.0 Å². The third kappa shape index (κ3) is 2.87. The molecule has 1 amide bonds. The molecule has 0 saturated heterocycles. The zero-order valence-electron chi connectivity index (χ0n) is 9.76. The van der Waals surface area contributed by atoms with Gasteiger partial charge in [0.1, 0.15) is 0 Å². The molecule has 1 N–H and O–H groups in total. The summed E-state index contributed by atoms with van der Waals surface area (Å²) in [4.78, 5) is 11.6. The number of amides is 1. The molecule has 1 atom stereocenters. The minimum Gasteiger partial charge on any atom is -0.423 e. The predicted molar refractivity (Wildman–Crippen MR) is 68.2 cm³/mol. The number of hydrogen-bond donors (Lipinski definition) is 1. The fourth-order valence-corrected chi connectivity index (χ4v) is 1.47. The van der Waals surface area contributed by atoms with Gasteiger partial charge in [0, 0.05) is 23.0 Å². The topological polar surface area (TPSA) is 68.0 Å². The molecule has 1 unspecified atom stereocenters. The van der Waals surface area contributed by atoms with Crippen LogP contribution in [0.3, 0.4) is 0 Å². The molecule has 1 heterocycles. The normalized spacial score (nSPS) is 12.1. The van der Waals surface area contributed by atoms with E-state index in [-0.39, 0.29) is 11.8 Å². The van der Waals surface area contributed by atoms with Crippen molar-refractivity contribution in [2.75, 3.05) is 11.2 Å². The molecule has 18 heavy (non-hydrogen) atoms. The van der Waals surface area contributed by atoms with Gasteiger partial charge in [0.2, 0.25) is 18.2 Å². The summed E-state index contributed by atoms with van der Waals surface area (Å²) in [5.41, 5.74) is 1.51. The maximum Gasteiger partial charge on any atom is 0.247 e. The van der Waals surface area contributed by atoms with Gasteiger partial charge in [0.05, 0.1) is 0 Å². The second kappa shape index (κ2) is 5.64. The van der Waals surface area contributed by atoms with Crippen LogP contribution in [0.2, 0.25) is 0 Å². The molecule has 94 valence electrons. The molecule has 0 aliphatic carbocycles. The Morgan fingerprint density at radius 2 is 2.17 bits per heavy atom. The first-order valence-corrected chi connectivity index (χ1v) is 5.97. The van der Waals surface area contributed by atoms with Crippen molar-refractivity contribution in [2.45, 2.75) is 6.92 Å². The van der Waals surface area contributed by atoms with Crippen LogP contribution in [0.4, 0.5) is 5.69 Å². The zero-order valence-corrected chi connectivity index (χ0v) is 10.5. The Bertz CT molecular complexity index is 511. The van der Waals surface area contributed by atoms with Gasteiger partial charge < -0.3 is 9.73 Å². The third-order valence-electron chi connectivity index (χ3n) is 2.44. The zero-order chi connectivity index (χ0) is 13.0. The Morgan fingerprint density at radius 3 is 2.72 bits per heavy atom. The van der Waals surface area contributed by atoms with Crippen LogP contribution in [-0.4, -0.2) is 22.0 Å². The number of benzene rings is 1. The van der Waals surface area contributed by atoms with Gasteiger partial charge in [0.15, 0.2) is 0 Å². The smallest absolute Gasteiger partial charge is 0.247 e. The lowest BCUT2D eigenvalue weighted by molar-refractivity contribution is -0.118. The lowest BCUT2D eigenvalue weighted by Gasteiger charge is -2.09. The van der Waals surface area contributed by atoms with Gasteiger partial charge >= 0.3 is 0 Å². The molecule has 0 radical (unpaired) electrons. The summed E-state index contributed by atoms with van der Waals surface area (Å²) in [6.07, 6.45) is 1.27. The molecule has 0 saturated carbocycles. The van der Waals surface area contributed by atoms with E-state index in [0.717, 1.165) is 5.56 Å². The van der Waals surface area contributed by atoms with E-state index in [1.165, 1.54) is 6.39 Å². The Balaban J connectivity index is 2.06. The summed E-state index contributed by atoms with van der Waals surface area (Å²) >= 11 is 5.62. The van der Waals surface area contributed by atoms with Crippen LogP contribution in [0.5, 0.6) is 0 Å². The van der Waals surface area contributed by atoms with Crippen molar-refractivity contribution in [3.8, 4) is 11.5 Å². The summed E-state index contributed by atoms with van der Waals surface area (Å²) in [7, 11) is 0. The first kappa shape index (κ1) is 12.6. The van der Waals surface area contributed by atoms with Crippen LogP contribution in [0.1, 0.15) is 6.92 Å². The first-order valence-electron chi connectivity index (χ1n) is 5.44. The van der Waals surface area contributed by atoms with Crippen molar-refractivity contribution in [3.63, 3.8) is 0 Å². The molecule has 0 aliphatic rings.